The molecule has 0 bridgehead atoms. The van der Waals surface area contributed by atoms with Crippen LogP contribution in [0.3, 0.4) is 0 Å². The van der Waals surface area contributed by atoms with Crippen LogP contribution in [-0.2, 0) is 4.74 Å². The van der Waals surface area contributed by atoms with Crippen LogP contribution in [0.5, 0.6) is 0 Å². The molecule has 20 heavy (non-hydrogen) atoms. The highest BCUT2D eigenvalue weighted by molar-refractivity contribution is 7.17. The fraction of sp³-hybridized carbons (Fsp3) is 0.167. The summed E-state index contributed by atoms with van der Waals surface area (Å²) < 4.78 is 17.7. The summed E-state index contributed by atoms with van der Waals surface area (Å²) in [5, 5.41) is 3.55. The third-order valence-electron chi connectivity index (χ3n) is 2.41. The number of anilines is 2. The summed E-state index contributed by atoms with van der Waals surface area (Å²) in [5.41, 5.74) is 0.860. The quantitative estimate of drug-likeness (QED) is 0.843. The maximum atomic E-state index is 13.1. The molecule has 4 nitrogen and oxygen atoms in total. The van der Waals surface area contributed by atoms with Gasteiger partial charge in [-0.25, -0.2) is 14.2 Å². The second-order valence-electron chi connectivity index (χ2n) is 3.79. The van der Waals surface area contributed by atoms with Crippen molar-refractivity contribution in [3.63, 3.8) is 0 Å². The average molecular weight is 335 g/mol. The highest BCUT2D eigenvalue weighted by Crippen LogP contribution is 2.35. The maximum Gasteiger partial charge on any atom is 0.350 e. The van der Waals surface area contributed by atoms with E-state index in [2.05, 4.69) is 15.0 Å². The van der Waals surface area contributed by atoms with Crippen molar-refractivity contribution in [1.82, 2.24) is 4.98 Å². The number of ether oxygens (including phenoxy) is 1. The van der Waals surface area contributed by atoms with E-state index in [1.165, 1.54) is 7.11 Å². The molecule has 0 radical (unpaired) electrons. The molecule has 8 heteroatoms. The summed E-state index contributed by atoms with van der Waals surface area (Å²) in [6.07, 6.45) is 0. The Hall–Kier alpha value is -1.37. The standard InChI is InChI=1S/C12H9Cl2FN2O2S/c1-5-10(11(18)19-2)20-12(16-5)17-9-7(13)3-6(15)4-8(9)14/h3-4H,1-2H3,(H,16,17). The SMILES string of the molecule is COC(=O)c1sc(Nc2c(Cl)cc(F)cc2Cl)nc1C. The molecule has 2 aromatic rings. The van der Waals surface area contributed by atoms with E-state index >= 15 is 0 Å². The largest absolute Gasteiger partial charge is 0.465 e. The Balaban J connectivity index is 2.34. The highest BCUT2D eigenvalue weighted by Gasteiger charge is 2.17. The van der Waals surface area contributed by atoms with Gasteiger partial charge >= 0.3 is 5.97 Å². The van der Waals surface area contributed by atoms with Gasteiger partial charge in [-0.1, -0.05) is 34.5 Å². The number of hydrogen-bond acceptors (Lipinski definition) is 5. The van der Waals surface area contributed by atoms with Crippen LogP contribution in [0, 0.1) is 12.7 Å². The van der Waals surface area contributed by atoms with E-state index < -0.39 is 11.8 Å². The van der Waals surface area contributed by atoms with Crippen molar-refractivity contribution in [2.45, 2.75) is 6.92 Å². The first-order chi connectivity index (χ1) is 9.42. The molecule has 0 aliphatic rings. The van der Waals surface area contributed by atoms with Crippen molar-refractivity contribution in [3.05, 3.63) is 38.6 Å². The van der Waals surface area contributed by atoms with Crippen molar-refractivity contribution in [3.8, 4) is 0 Å². The van der Waals surface area contributed by atoms with Crippen LogP contribution in [0.25, 0.3) is 0 Å². The summed E-state index contributed by atoms with van der Waals surface area (Å²) in [7, 11) is 1.29. The molecule has 0 spiro atoms. The average Bonchev–Trinajstić information content (AvgIpc) is 2.74. The Morgan fingerprint density at radius 2 is 2.00 bits per heavy atom. The number of nitrogens with one attached hydrogen (secondary N) is 1. The number of esters is 1. The van der Waals surface area contributed by atoms with Crippen LogP contribution in [-0.4, -0.2) is 18.1 Å². The number of carbonyl (C=O) groups excluding carboxylic acids is 1. The zero-order chi connectivity index (χ0) is 14.9. The first-order valence-corrected chi connectivity index (χ1v) is 6.97. The van der Waals surface area contributed by atoms with Crippen LogP contribution >= 0.6 is 34.5 Å². The van der Waals surface area contributed by atoms with Gasteiger partial charge in [-0.15, -0.1) is 0 Å². The lowest BCUT2D eigenvalue weighted by Crippen LogP contribution is -1.99. The number of benzene rings is 1. The minimum absolute atomic E-state index is 0.127. The maximum absolute atomic E-state index is 13.1. The van der Waals surface area contributed by atoms with E-state index in [0.717, 1.165) is 23.5 Å². The van der Waals surface area contributed by atoms with Gasteiger partial charge in [0, 0.05) is 0 Å². The van der Waals surface area contributed by atoms with Crippen molar-refractivity contribution >= 4 is 51.3 Å². The number of nitrogens with zero attached hydrogens (tertiary/aromatic N) is 1. The minimum Gasteiger partial charge on any atom is -0.465 e. The topological polar surface area (TPSA) is 51.2 Å². The highest BCUT2D eigenvalue weighted by atomic mass is 35.5. The number of rotatable bonds is 3. The Morgan fingerprint density at radius 1 is 1.40 bits per heavy atom. The number of carbonyl (C=O) groups is 1. The van der Waals surface area contributed by atoms with Crippen molar-refractivity contribution in [2.75, 3.05) is 12.4 Å². The molecule has 1 aromatic carbocycles. The van der Waals surface area contributed by atoms with Gasteiger partial charge in [0.1, 0.15) is 10.7 Å². The molecule has 2 rings (SSSR count). The van der Waals surface area contributed by atoms with Crippen molar-refractivity contribution in [2.24, 2.45) is 0 Å². The fourth-order valence-electron chi connectivity index (χ4n) is 1.50. The molecule has 106 valence electrons. The first kappa shape index (κ1) is 15.0. The van der Waals surface area contributed by atoms with Crippen LogP contribution in [0.4, 0.5) is 15.2 Å². The van der Waals surface area contributed by atoms with Gasteiger partial charge in [0.25, 0.3) is 0 Å². The monoisotopic (exact) mass is 334 g/mol. The van der Waals surface area contributed by atoms with Crippen molar-refractivity contribution < 1.29 is 13.9 Å². The molecule has 0 atom stereocenters. The van der Waals surface area contributed by atoms with E-state index in [-0.39, 0.29) is 10.0 Å². The van der Waals surface area contributed by atoms with Crippen molar-refractivity contribution in [1.29, 1.82) is 0 Å². The van der Waals surface area contributed by atoms with Gasteiger partial charge in [-0.3, -0.25) is 0 Å². The first-order valence-electron chi connectivity index (χ1n) is 5.39. The molecule has 0 unspecified atom stereocenters. The van der Waals surface area contributed by atoms with E-state index in [1.54, 1.807) is 6.92 Å². The Labute approximate surface area is 128 Å². The predicted molar refractivity (Wildman–Crippen MR) is 77.9 cm³/mol. The molecular formula is C12H9Cl2FN2O2S. The van der Waals surface area contributed by atoms with Crippen LogP contribution in [0.15, 0.2) is 12.1 Å². The molecule has 0 saturated heterocycles. The summed E-state index contributed by atoms with van der Waals surface area (Å²) >= 11 is 12.9. The number of aromatic nitrogens is 1. The summed E-state index contributed by atoms with van der Waals surface area (Å²) in [4.78, 5) is 16.1. The van der Waals surface area contributed by atoms with Crippen LogP contribution in [0.1, 0.15) is 15.4 Å². The molecule has 0 saturated carbocycles. The number of methoxy groups -OCH3 is 1. The molecule has 0 amide bonds. The fourth-order valence-corrected chi connectivity index (χ4v) is 2.94. The van der Waals surface area contributed by atoms with Crippen LogP contribution in [0.2, 0.25) is 10.0 Å². The molecular weight excluding hydrogens is 326 g/mol. The van der Waals surface area contributed by atoms with Gasteiger partial charge < -0.3 is 10.1 Å². The molecule has 1 heterocycles. The number of hydrogen-bond donors (Lipinski definition) is 1. The van der Waals surface area contributed by atoms with Gasteiger partial charge in [0.05, 0.1) is 28.5 Å². The third-order valence-corrected chi connectivity index (χ3v) is 4.06. The lowest BCUT2D eigenvalue weighted by molar-refractivity contribution is 0.0605. The zero-order valence-corrected chi connectivity index (χ0v) is 12.8. The van der Waals surface area contributed by atoms with Gasteiger partial charge in [-0.2, -0.15) is 0 Å². The minimum atomic E-state index is -0.531. The summed E-state index contributed by atoms with van der Waals surface area (Å²) in [6.45, 7) is 1.68. The number of halogens is 3. The molecule has 0 aliphatic carbocycles. The summed E-state index contributed by atoms with van der Waals surface area (Å²) in [5.74, 6) is -1.000. The Kier molecular flexibility index (Phi) is 4.47. The van der Waals surface area contributed by atoms with E-state index in [0.29, 0.717) is 21.4 Å². The number of aryl methyl sites for hydroxylation is 1. The van der Waals surface area contributed by atoms with Gasteiger partial charge in [0.15, 0.2) is 5.13 Å². The smallest absolute Gasteiger partial charge is 0.350 e. The van der Waals surface area contributed by atoms with Gasteiger partial charge in [0.2, 0.25) is 0 Å². The second kappa shape index (κ2) is 5.95. The van der Waals surface area contributed by atoms with Crippen LogP contribution < -0.4 is 5.32 Å². The molecule has 1 N–H and O–H groups in total. The Bertz CT molecular complexity index is 652. The zero-order valence-electron chi connectivity index (χ0n) is 10.5. The molecule has 0 aliphatic heterocycles. The number of thiazole rings is 1. The second-order valence-corrected chi connectivity index (χ2v) is 5.61. The lowest BCUT2D eigenvalue weighted by atomic mass is 10.3. The normalized spacial score (nSPS) is 10.4. The Morgan fingerprint density at radius 3 is 2.55 bits per heavy atom. The lowest BCUT2D eigenvalue weighted by Gasteiger charge is -2.07. The molecule has 0 fully saturated rings. The van der Waals surface area contributed by atoms with E-state index in [1.807, 2.05) is 0 Å². The van der Waals surface area contributed by atoms with E-state index in [4.69, 9.17) is 23.2 Å². The summed E-state index contributed by atoms with van der Waals surface area (Å²) in [6, 6.07) is 2.27. The predicted octanol–water partition coefficient (Wildman–Crippen LogP) is 4.43. The third kappa shape index (κ3) is 3.03. The van der Waals surface area contributed by atoms with Gasteiger partial charge in [-0.05, 0) is 19.1 Å². The van der Waals surface area contributed by atoms with E-state index in [9.17, 15) is 9.18 Å². The molecule has 1 aromatic heterocycles.